The van der Waals surface area contributed by atoms with Gasteiger partial charge in [-0.15, -0.1) is 0 Å². The Bertz CT molecular complexity index is 588. The summed E-state index contributed by atoms with van der Waals surface area (Å²) in [7, 11) is -2.93. The van der Waals surface area contributed by atoms with E-state index in [1.54, 1.807) is 12.1 Å². The number of Topliss-reactive ketones (excluding diaryl/α,β-unsaturated/α-hetero) is 1. The number of halogens is 1. The van der Waals surface area contributed by atoms with Crippen molar-refractivity contribution in [3.05, 3.63) is 28.8 Å². The molecule has 0 saturated carbocycles. The summed E-state index contributed by atoms with van der Waals surface area (Å²) in [6.07, 6.45) is -0.0923. The molecule has 19 heavy (non-hydrogen) atoms. The van der Waals surface area contributed by atoms with Crippen LogP contribution in [0.3, 0.4) is 0 Å². The van der Waals surface area contributed by atoms with Gasteiger partial charge in [0.15, 0.2) is 15.6 Å². The predicted octanol–water partition coefficient (Wildman–Crippen LogP) is 1.05. The number of nitrogens with two attached hydrogens (primary N) is 1. The Morgan fingerprint density at radius 2 is 2.11 bits per heavy atom. The average Bonchev–Trinajstić information content (AvgIpc) is 2.29. The molecule has 5 nitrogen and oxygen atoms in total. The van der Waals surface area contributed by atoms with Crippen LogP contribution in [0.2, 0.25) is 5.02 Å². The Labute approximate surface area is 116 Å². The first kappa shape index (κ1) is 14.3. The first-order chi connectivity index (χ1) is 8.91. The molecule has 1 aromatic rings. The predicted molar refractivity (Wildman–Crippen MR) is 72.5 cm³/mol. The summed E-state index contributed by atoms with van der Waals surface area (Å²) in [5, 5.41) is 0.298. The van der Waals surface area contributed by atoms with Gasteiger partial charge in [-0.05, 0) is 24.7 Å². The Morgan fingerprint density at radius 1 is 1.42 bits per heavy atom. The minimum Gasteiger partial charge on any atom is -0.487 e. The molecule has 1 aromatic carbocycles. The normalized spacial score (nSPS) is 17.8. The zero-order valence-electron chi connectivity index (χ0n) is 10.1. The van der Waals surface area contributed by atoms with Crippen LogP contribution in [0.1, 0.15) is 16.8 Å². The van der Waals surface area contributed by atoms with Crippen LogP contribution in [0.15, 0.2) is 18.2 Å². The molecule has 1 saturated heterocycles. The number of rotatable bonds is 5. The second kappa shape index (κ2) is 5.48. The third-order valence-electron chi connectivity index (χ3n) is 2.80. The van der Waals surface area contributed by atoms with E-state index in [1.807, 2.05) is 0 Å². The molecule has 104 valence electrons. The number of benzene rings is 1. The van der Waals surface area contributed by atoms with E-state index in [0.717, 1.165) is 0 Å². The van der Waals surface area contributed by atoms with Crippen molar-refractivity contribution < 1.29 is 17.9 Å². The highest BCUT2D eigenvalue weighted by atomic mass is 35.5. The van der Waals surface area contributed by atoms with Crippen molar-refractivity contribution in [2.24, 2.45) is 5.73 Å². The maximum absolute atomic E-state index is 11.6. The van der Waals surface area contributed by atoms with Gasteiger partial charge in [0.05, 0.1) is 16.5 Å². The zero-order chi connectivity index (χ0) is 14.0. The Morgan fingerprint density at radius 3 is 2.63 bits per heavy atom. The molecule has 1 aliphatic rings. The van der Waals surface area contributed by atoms with Gasteiger partial charge in [-0.25, -0.2) is 8.42 Å². The number of carbonyl (C=O) groups is 1. The Balaban J connectivity index is 2.05. The molecular weight excluding hydrogens is 290 g/mol. The van der Waals surface area contributed by atoms with Gasteiger partial charge < -0.3 is 10.5 Å². The number of hydrogen-bond acceptors (Lipinski definition) is 5. The van der Waals surface area contributed by atoms with Crippen molar-refractivity contribution in [1.29, 1.82) is 0 Å². The van der Waals surface area contributed by atoms with Crippen molar-refractivity contribution >= 4 is 27.2 Å². The van der Waals surface area contributed by atoms with E-state index < -0.39 is 9.84 Å². The van der Waals surface area contributed by atoms with E-state index in [-0.39, 0.29) is 36.4 Å². The third kappa shape index (κ3) is 3.46. The first-order valence-corrected chi connectivity index (χ1v) is 8.01. The lowest BCUT2D eigenvalue weighted by molar-refractivity contribution is 0.0985. The topological polar surface area (TPSA) is 86.5 Å². The van der Waals surface area contributed by atoms with Crippen LogP contribution < -0.4 is 10.5 Å². The van der Waals surface area contributed by atoms with Gasteiger partial charge in [0.2, 0.25) is 0 Å². The largest absolute Gasteiger partial charge is 0.487 e. The van der Waals surface area contributed by atoms with Gasteiger partial charge in [0.25, 0.3) is 0 Å². The summed E-state index contributed by atoms with van der Waals surface area (Å²) in [5.74, 6) is 0.335. The van der Waals surface area contributed by atoms with E-state index in [0.29, 0.717) is 16.3 Å². The number of ketones is 1. The van der Waals surface area contributed by atoms with Crippen LogP contribution in [0.5, 0.6) is 5.75 Å². The molecule has 7 heteroatoms. The molecule has 1 heterocycles. The molecule has 0 spiro atoms. The fourth-order valence-corrected chi connectivity index (χ4v) is 3.21. The van der Waals surface area contributed by atoms with Crippen LogP contribution in [-0.2, 0) is 9.84 Å². The molecule has 2 N–H and O–H groups in total. The summed E-state index contributed by atoms with van der Waals surface area (Å²) >= 11 is 6.01. The van der Waals surface area contributed by atoms with Crippen molar-refractivity contribution in [2.45, 2.75) is 12.5 Å². The minimum atomic E-state index is -2.93. The average molecular weight is 304 g/mol. The van der Waals surface area contributed by atoms with Gasteiger partial charge in [-0.1, -0.05) is 11.6 Å². The standard InChI is InChI=1S/C12H14ClNO4S/c13-10-5-8(11(15)3-4-14)1-2-12(10)18-9-6-19(16,17)7-9/h1-2,5,9H,3-4,6-7,14H2. The van der Waals surface area contributed by atoms with Crippen molar-refractivity contribution in [2.75, 3.05) is 18.1 Å². The highest BCUT2D eigenvalue weighted by Crippen LogP contribution is 2.29. The number of ether oxygens (including phenoxy) is 1. The van der Waals surface area contributed by atoms with Crippen LogP contribution in [0.4, 0.5) is 0 Å². The van der Waals surface area contributed by atoms with Gasteiger partial charge in [0.1, 0.15) is 11.9 Å². The van der Waals surface area contributed by atoms with Crippen LogP contribution in [0, 0.1) is 0 Å². The molecule has 1 aliphatic heterocycles. The quantitative estimate of drug-likeness (QED) is 0.822. The van der Waals surface area contributed by atoms with E-state index in [1.165, 1.54) is 6.07 Å². The van der Waals surface area contributed by atoms with E-state index in [2.05, 4.69) is 0 Å². The maximum Gasteiger partial charge on any atom is 0.164 e. The molecule has 2 rings (SSSR count). The number of hydrogen-bond donors (Lipinski definition) is 1. The monoisotopic (exact) mass is 303 g/mol. The molecule has 0 aliphatic carbocycles. The van der Waals surface area contributed by atoms with Crippen molar-refractivity contribution in [3.63, 3.8) is 0 Å². The molecule has 0 amide bonds. The van der Waals surface area contributed by atoms with E-state index in [4.69, 9.17) is 22.1 Å². The summed E-state index contributed by atoms with van der Waals surface area (Å²) in [4.78, 5) is 11.6. The molecular formula is C12H14ClNO4S. The van der Waals surface area contributed by atoms with Gasteiger partial charge >= 0.3 is 0 Å². The first-order valence-electron chi connectivity index (χ1n) is 5.81. The van der Waals surface area contributed by atoms with E-state index >= 15 is 0 Å². The lowest BCUT2D eigenvalue weighted by atomic mass is 10.1. The molecule has 0 unspecified atom stereocenters. The maximum atomic E-state index is 11.6. The Kier molecular flexibility index (Phi) is 4.13. The Hall–Kier alpha value is -1.11. The molecule has 0 atom stereocenters. The number of sulfone groups is 1. The highest BCUT2D eigenvalue weighted by Gasteiger charge is 2.35. The van der Waals surface area contributed by atoms with Gasteiger partial charge in [0, 0.05) is 12.0 Å². The summed E-state index contributed by atoms with van der Waals surface area (Å²) in [5.41, 5.74) is 5.79. The van der Waals surface area contributed by atoms with Crippen LogP contribution in [-0.4, -0.2) is 38.4 Å². The van der Waals surface area contributed by atoms with Crippen molar-refractivity contribution in [1.82, 2.24) is 0 Å². The summed E-state index contributed by atoms with van der Waals surface area (Å²) < 4.78 is 27.5. The smallest absolute Gasteiger partial charge is 0.164 e. The molecule has 0 bridgehead atoms. The molecule has 1 fully saturated rings. The zero-order valence-corrected chi connectivity index (χ0v) is 11.7. The SMILES string of the molecule is NCCC(=O)c1ccc(OC2CS(=O)(=O)C2)c(Cl)c1. The van der Waals surface area contributed by atoms with Crippen molar-refractivity contribution in [3.8, 4) is 5.75 Å². The minimum absolute atomic E-state index is 0.0111. The highest BCUT2D eigenvalue weighted by molar-refractivity contribution is 7.92. The van der Waals surface area contributed by atoms with Gasteiger partial charge in [-0.3, -0.25) is 4.79 Å². The summed E-state index contributed by atoms with van der Waals surface area (Å²) in [6.45, 7) is 0.286. The second-order valence-corrected chi connectivity index (χ2v) is 6.98. The fourth-order valence-electron chi connectivity index (χ4n) is 1.81. The van der Waals surface area contributed by atoms with Crippen LogP contribution >= 0.6 is 11.6 Å². The fraction of sp³-hybridized carbons (Fsp3) is 0.417. The molecule has 0 radical (unpaired) electrons. The summed E-state index contributed by atoms with van der Waals surface area (Å²) in [6, 6.07) is 4.70. The van der Waals surface area contributed by atoms with E-state index in [9.17, 15) is 13.2 Å². The lowest BCUT2D eigenvalue weighted by Gasteiger charge is -2.26. The van der Waals surface area contributed by atoms with Gasteiger partial charge in [-0.2, -0.15) is 0 Å². The second-order valence-electron chi connectivity index (χ2n) is 4.42. The lowest BCUT2D eigenvalue weighted by Crippen LogP contribution is -2.45. The molecule has 0 aromatic heterocycles. The third-order valence-corrected chi connectivity index (χ3v) is 4.85. The number of carbonyl (C=O) groups excluding carboxylic acids is 1. The van der Waals surface area contributed by atoms with Crippen LogP contribution in [0.25, 0.3) is 0 Å².